The molecule has 1 saturated heterocycles. The van der Waals surface area contributed by atoms with Gasteiger partial charge in [0.15, 0.2) is 0 Å². The zero-order chi connectivity index (χ0) is 9.80. The molecule has 1 heterocycles. The summed E-state index contributed by atoms with van der Waals surface area (Å²) in [5, 5.41) is 0. The molecular formula is C12H18N2. The first kappa shape index (κ1) is 9.53. The predicted octanol–water partition coefficient (Wildman–Crippen LogP) is 2.25. The molecule has 0 radical (unpaired) electrons. The van der Waals surface area contributed by atoms with E-state index >= 15 is 0 Å². The van der Waals surface area contributed by atoms with Crippen LogP contribution in [0.5, 0.6) is 0 Å². The van der Waals surface area contributed by atoms with Gasteiger partial charge < -0.3 is 5.73 Å². The molecular weight excluding hydrogens is 172 g/mol. The van der Waals surface area contributed by atoms with Gasteiger partial charge in [-0.1, -0.05) is 24.6 Å². The van der Waals surface area contributed by atoms with Gasteiger partial charge in [0, 0.05) is 12.2 Å². The van der Waals surface area contributed by atoms with Gasteiger partial charge in [-0.05, 0) is 37.6 Å². The van der Waals surface area contributed by atoms with E-state index in [1.54, 1.807) is 0 Å². The van der Waals surface area contributed by atoms with Crippen LogP contribution in [-0.2, 0) is 6.54 Å². The number of rotatable bonds is 2. The number of anilines is 1. The zero-order valence-electron chi connectivity index (χ0n) is 8.58. The maximum atomic E-state index is 5.91. The summed E-state index contributed by atoms with van der Waals surface area (Å²) in [6, 6.07) is 8.17. The second kappa shape index (κ2) is 4.47. The molecule has 0 atom stereocenters. The van der Waals surface area contributed by atoms with E-state index in [1.165, 1.54) is 37.9 Å². The third-order valence-corrected chi connectivity index (χ3v) is 2.90. The Balaban J connectivity index is 1.99. The molecule has 1 aliphatic heterocycles. The lowest BCUT2D eigenvalue weighted by atomic mass is 10.1. The molecule has 1 aliphatic rings. The monoisotopic (exact) mass is 190 g/mol. The Bertz CT molecular complexity index is 290. The van der Waals surface area contributed by atoms with Crippen molar-refractivity contribution in [1.82, 2.24) is 4.90 Å². The van der Waals surface area contributed by atoms with Crippen LogP contribution in [0, 0.1) is 0 Å². The molecule has 1 aromatic rings. The number of hydrogen-bond donors (Lipinski definition) is 1. The van der Waals surface area contributed by atoms with Crippen LogP contribution < -0.4 is 5.73 Å². The van der Waals surface area contributed by atoms with E-state index in [2.05, 4.69) is 17.0 Å². The summed E-state index contributed by atoms with van der Waals surface area (Å²) in [5.74, 6) is 0. The minimum absolute atomic E-state index is 0.929. The van der Waals surface area contributed by atoms with Gasteiger partial charge in [0.05, 0.1) is 0 Å². The standard InChI is InChI=1S/C12H18N2/c13-12-7-3-2-6-11(12)10-14-8-4-1-5-9-14/h2-3,6-7H,1,4-5,8-10,13H2. The first-order chi connectivity index (χ1) is 6.86. The molecule has 1 fully saturated rings. The van der Waals surface area contributed by atoms with E-state index in [-0.39, 0.29) is 0 Å². The molecule has 2 heteroatoms. The van der Waals surface area contributed by atoms with Crippen molar-refractivity contribution < 1.29 is 0 Å². The Morgan fingerprint density at radius 3 is 2.50 bits per heavy atom. The Hall–Kier alpha value is -1.02. The highest BCUT2D eigenvalue weighted by molar-refractivity contribution is 5.46. The smallest absolute Gasteiger partial charge is 0.0359 e. The van der Waals surface area contributed by atoms with Crippen LogP contribution in [0.25, 0.3) is 0 Å². The quantitative estimate of drug-likeness (QED) is 0.725. The minimum atomic E-state index is 0.929. The van der Waals surface area contributed by atoms with Crippen LogP contribution >= 0.6 is 0 Å². The molecule has 76 valence electrons. The van der Waals surface area contributed by atoms with Crippen molar-refractivity contribution in [2.24, 2.45) is 0 Å². The van der Waals surface area contributed by atoms with Crippen LogP contribution in [0.1, 0.15) is 24.8 Å². The summed E-state index contributed by atoms with van der Waals surface area (Å²) in [7, 11) is 0. The lowest BCUT2D eigenvalue weighted by molar-refractivity contribution is 0.221. The average Bonchev–Trinajstić information content (AvgIpc) is 2.23. The third-order valence-electron chi connectivity index (χ3n) is 2.90. The number of likely N-dealkylation sites (tertiary alicyclic amines) is 1. The van der Waals surface area contributed by atoms with Crippen LogP contribution in [0.4, 0.5) is 5.69 Å². The maximum Gasteiger partial charge on any atom is 0.0359 e. The summed E-state index contributed by atoms with van der Waals surface area (Å²) in [6.45, 7) is 3.48. The average molecular weight is 190 g/mol. The van der Waals surface area contributed by atoms with Crippen molar-refractivity contribution in [3.05, 3.63) is 29.8 Å². The summed E-state index contributed by atoms with van der Waals surface area (Å²) < 4.78 is 0. The van der Waals surface area contributed by atoms with E-state index in [0.717, 1.165) is 12.2 Å². The minimum Gasteiger partial charge on any atom is -0.398 e. The van der Waals surface area contributed by atoms with Crippen LogP contribution in [0.3, 0.4) is 0 Å². The number of benzene rings is 1. The first-order valence-corrected chi connectivity index (χ1v) is 5.42. The normalized spacial score (nSPS) is 18.3. The Kier molecular flexibility index (Phi) is 3.04. The number of nitrogens with two attached hydrogens (primary N) is 1. The molecule has 0 unspecified atom stereocenters. The zero-order valence-corrected chi connectivity index (χ0v) is 8.58. The van der Waals surface area contributed by atoms with E-state index in [4.69, 9.17) is 5.73 Å². The van der Waals surface area contributed by atoms with Crippen molar-refractivity contribution in [1.29, 1.82) is 0 Å². The number of nitrogens with zero attached hydrogens (tertiary/aromatic N) is 1. The second-order valence-corrected chi connectivity index (χ2v) is 4.04. The fraction of sp³-hybridized carbons (Fsp3) is 0.500. The van der Waals surface area contributed by atoms with Crippen LogP contribution in [0.2, 0.25) is 0 Å². The largest absolute Gasteiger partial charge is 0.398 e. The number of hydrogen-bond acceptors (Lipinski definition) is 2. The SMILES string of the molecule is Nc1ccccc1CN1CCCCC1. The highest BCUT2D eigenvalue weighted by Gasteiger charge is 2.10. The maximum absolute atomic E-state index is 5.91. The molecule has 2 rings (SSSR count). The topological polar surface area (TPSA) is 29.3 Å². The molecule has 0 bridgehead atoms. The number of para-hydroxylation sites is 1. The van der Waals surface area contributed by atoms with E-state index in [9.17, 15) is 0 Å². The molecule has 14 heavy (non-hydrogen) atoms. The van der Waals surface area contributed by atoms with Crippen molar-refractivity contribution in [3.8, 4) is 0 Å². The highest BCUT2D eigenvalue weighted by atomic mass is 15.1. The fourth-order valence-corrected chi connectivity index (χ4v) is 2.04. The molecule has 0 aliphatic carbocycles. The van der Waals surface area contributed by atoms with Gasteiger partial charge in [0.25, 0.3) is 0 Å². The summed E-state index contributed by atoms with van der Waals surface area (Å²) in [5.41, 5.74) is 8.11. The Morgan fingerprint density at radius 2 is 1.79 bits per heavy atom. The Labute approximate surface area is 85.7 Å². The van der Waals surface area contributed by atoms with Crippen molar-refractivity contribution >= 4 is 5.69 Å². The van der Waals surface area contributed by atoms with Crippen LogP contribution in [0.15, 0.2) is 24.3 Å². The highest BCUT2D eigenvalue weighted by Crippen LogP contribution is 2.16. The summed E-state index contributed by atoms with van der Waals surface area (Å²) >= 11 is 0. The van der Waals surface area contributed by atoms with Gasteiger partial charge in [-0.25, -0.2) is 0 Å². The third kappa shape index (κ3) is 2.26. The molecule has 0 spiro atoms. The van der Waals surface area contributed by atoms with Gasteiger partial charge in [0.1, 0.15) is 0 Å². The summed E-state index contributed by atoms with van der Waals surface area (Å²) in [4.78, 5) is 2.50. The number of nitrogen functional groups attached to an aromatic ring is 1. The molecule has 2 nitrogen and oxygen atoms in total. The second-order valence-electron chi connectivity index (χ2n) is 4.04. The van der Waals surface area contributed by atoms with E-state index in [0.29, 0.717) is 0 Å². The lowest BCUT2D eigenvalue weighted by Gasteiger charge is -2.26. The van der Waals surface area contributed by atoms with Gasteiger partial charge in [-0.3, -0.25) is 4.90 Å². The molecule has 1 aromatic carbocycles. The fourth-order valence-electron chi connectivity index (χ4n) is 2.04. The van der Waals surface area contributed by atoms with E-state index in [1.807, 2.05) is 12.1 Å². The van der Waals surface area contributed by atoms with Gasteiger partial charge >= 0.3 is 0 Å². The summed E-state index contributed by atoms with van der Waals surface area (Å²) in [6.07, 6.45) is 4.07. The van der Waals surface area contributed by atoms with Crippen molar-refractivity contribution in [3.63, 3.8) is 0 Å². The Morgan fingerprint density at radius 1 is 1.07 bits per heavy atom. The number of piperidine rings is 1. The van der Waals surface area contributed by atoms with Crippen LogP contribution in [-0.4, -0.2) is 18.0 Å². The van der Waals surface area contributed by atoms with Crippen molar-refractivity contribution in [2.45, 2.75) is 25.8 Å². The van der Waals surface area contributed by atoms with Crippen molar-refractivity contribution in [2.75, 3.05) is 18.8 Å². The predicted molar refractivity (Wildman–Crippen MR) is 60.0 cm³/mol. The van der Waals surface area contributed by atoms with Gasteiger partial charge in [-0.15, -0.1) is 0 Å². The molecule has 0 saturated carbocycles. The molecule has 2 N–H and O–H groups in total. The molecule has 0 amide bonds. The van der Waals surface area contributed by atoms with Gasteiger partial charge in [-0.2, -0.15) is 0 Å². The first-order valence-electron chi connectivity index (χ1n) is 5.42. The molecule has 0 aromatic heterocycles. The van der Waals surface area contributed by atoms with Gasteiger partial charge in [0.2, 0.25) is 0 Å². The lowest BCUT2D eigenvalue weighted by Crippen LogP contribution is -2.29. The van der Waals surface area contributed by atoms with E-state index < -0.39 is 0 Å².